The molecule has 0 amide bonds. The van der Waals surface area contributed by atoms with Gasteiger partial charge in [-0.1, -0.05) is 17.5 Å². The smallest absolute Gasteiger partial charge is 0.190 e. The van der Waals surface area contributed by atoms with Crippen molar-refractivity contribution in [1.29, 1.82) is 0 Å². The van der Waals surface area contributed by atoms with Gasteiger partial charge in [0.1, 0.15) is 0 Å². The Kier molecular flexibility index (Phi) is 4.24. The van der Waals surface area contributed by atoms with E-state index in [9.17, 15) is 8.78 Å². The summed E-state index contributed by atoms with van der Waals surface area (Å²) in [5.41, 5.74) is 0.232. The standard InChI is InChI=1S/C7H11F2I/c1-4-6(5-2)7(8,9)10-3/h4H,3,5H2,1-2H3/b6-4+. The molecule has 0 heterocycles. The Balaban J connectivity index is 4.43. The fourth-order valence-electron chi connectivity index (χ4n) is 0.654. The number of halogens is 3. The van der Waals surface area contributed by atoms with Crippen LogP contribution in [0.3, 0.4) is 0 Å². The van der Waals surface area contributed by atoms with E-state index in [2.05, 4.69) is 4.51 Å². The summed E-state index contributed by atoms with van der Waals surface area (Å²) < 4.78 is 26.2. The summed E-state index contributed by atoms with van der Waals surface area (Å²) >= 11 is -1.24. The minimum Gasteiger partial charge on any atom is -0.190 e. The van der Waals surface area contributed by atoms with E-state index in [0.29, 0.717) is 6.42 Å². The fraction of sp³-hybridized carbons (Fsp3) is 0.571. The molecule has 0 N–H and O–H groups in total. The molecule has 0 aromatic heterocycles. The third-order valence-electron chi connectivity index (χ3n) is 1.26. The van der Waals surface area contributed by atoms with Crippen LogP contribution in [-0.2, 0) is 0 Å². The molecule has 0 atom stereocenters. The molecule has 60 valence electrons. The van der Waals surface area contributed by atoms with Crippen LogP contribution in [-0.4, -0.2) is 8.44 Å². The Morgan fingerprint density at radius 2 is 2.20 bits per heavy atom. The van der Waals surface area contributed by atoms with Gasteiger partial charge in [0.15, 0.2) is 0 Å². The van der Waals surface area contributed by atoms with Gasteiger partial charge in [-0.2, -0.15) is 8.78 Å². The summed E-state index contributed by atoms with van der Waals surface area (Å²) in [6, 6.07) is 0. The molecule has 0 aliphatic carbocycles. The van der Waals surface area contributed by atoms with Crippen molar-refractivity contribution in [2.45, 2.75) is 24.2 Å². The maximum Gasteiger partial charge on any atom is 0.312 e. The molecule has 0 aliphatic heterocycles. The van der Waals surface area contributed by atoms with Crippen molar-refractivity contribution in [3.63, 3.8) is 0 Å². The van der Waals surface area contributed by atoms with Crippen LogP contribution >= 0.6 is 20.7 Å². The number of hydrogen-bond acceptors (Lipinski definition) is 0. The third kappa shape index (κ3) is 2.44. The van der Waals surface area contributed by atoms with Gasteiger partial charge in [0.2, 0.25) is 0 Å². The van der Waals surface area contributed by atoms with Crippen LogP contribution in [0.25, 0.3) is 0 Å². The summed E-state index contributed by atoms with van der Waals surface area (Å²) in [5, 5.41) is 0. The van der Waals surface area contributed by atoms with E-state index in [0.717, 1.165) is 0 Å². The molecule has 0 fully saturated rings. The predicted molar refractivity (Wildman–Crippen MR) is 50.1 cm³/mol. The minimum absolute atomic E-state index is 0.232. The second-order valence-electron chi connectivity index (χ2n) is 1.80. The normalized spacial score (nSPS) is 13.8. The second-order valence-corrected chi connectivity index (χ2v) is 3.92. The molecule has 0 bridgehead atoms. The van der Waals surface area contributed by atoms with E-state index in [1.54, 1.807) is 13.8 Å². The van der Waals surface area contributed by atoms with Crippen LogP contribution in [0.1, 0.15) is 20.3 Å². The molecular formula is C7H11F2I. The number of alkyl halides is 3. The van der Waals surface area contributed by atoms with Gasteiger partial charge < -0.3 is 0 Å². The molecule has 0 saturated heterocycles. The van der Waals surface area contributed by atoms with Crippen molar-refractivity contribution in [1.82, 2.24) is 0 Å². The zero-order chi connectivity index (χ0) is 8.20. The first-order valence-electron chi connectivity index (χ1n) is 3.01. The van der Waals surface area contributed by atoms with Crippen molar-refractivity contribution in [3.8, 4) is 0 Å². The summed E-state index contributed by atoms with van der Waals surface area (Å²) in [5.74, 6) is 0. The predicted octanol–water partition coefficient (Wildman–Crippen LogP) is 3.34. The van der Waals surface area contributed by atoms with E-state index in [1.165, 1.54) is 6.08 Å². The van der Waals surface area contributed by atoms with Crippen molar-refractivity contribution >= 4 is 25.2 Å². The Hall–Kier alpha value is 0.200. The molecule has 10 heavy (non-hydrogen) atoms. The van der Waals surface area contributed by atoms with Crippen LogP contribution in [0, 0.1) is 0 Å². The van der Waals surface area contributed by atoms with Gasteiger partial charge in [-0.25, -0.2) is 0 Å². The highest BCUT2D eigenvalue weighted by molar-refractivity contribution is 14.2. The molecule has 0 aromatic carbocycles. The Morgan fingerprint density at radius 3 is 2.30 bits per heavy atom. The lowest BCUT2D eigenvalue weighted by atomic mass is 10.2. The largest absolute Gasteiger partial charge is 0.312 e. The number of hydrogen-bond donors (Lipinski definition) is 0. The summed E-state index contributed by atoms with van der Waals surface area (Å²) in [7, 11) is 0. The van der Waals surface area contributed by atoms with E-state index in [4.69, 9.17) is 0 Å². The summed E-state index contributed by atoms with van der Waals surface area (Å²) in [6.45, 7) is 3.38. The van der Waals surface area contributed by atoms with E-state index >= 15 is 0 Å². The van der Waals surface area contributed by atoms with Crippen molar-refractivity contribution in [3.05, 3.63) is 11.6 Å². The Bertz CT molecular complexity index is 150. The first kappa shape index (κ1) is 10.2. The third-order valence-corrected chi connectivity index (χ3v) is 2.91. The monoisotopic (exact) mass is 260 g/mol. The number of rotatable bonds is 3. The van der Waals surface area contributed by atoms with Crippen LogP contribution in [0.2, 0.25) is 0 Å². The Morgan fingerprint density at radius 1 is 1.70 bits per heavy atom. The van der Waals surface area contributed by atoms with E-state index in [-0.39, 0.29) is 5.57 Å². The van der Waals surface area contributed by atoms with Crippen molar-refractivity contribution < 1.29 is 8.78 Å². The second kappa shape index (κ2) is 4.16. The number of allylic oxidation sites excluding steroid dienone is 2. The quantitative estimate of drug-likeness (QED) is 0.414. The topological polar surface area (TPSA) is 0 Å². The molecule has 3 heteroatoms. The molecule has 0 saturated carbocycles. The van der Waals surface area contributed by atoms with Gasteiger partial charge in [-0.05, 0) is 34.1 Å². The van der Waals surface area contributed by atoms with E-state index in [1.807, 2.05) is 0 Å². The van der Waals surface area contributed by atoms with Crippen molar-refractivity contribution in [2.75, 3.05) is 0 Å². The molecule has 0 aromatic rings. The maximum absolute atomic E-state index is 12.7. The molecule has 0 nitrogen and oxygen atoms in total. The summed E-state index contributed by atoms with van der Waals surface area (Å²) in [6.07, 6.45) is 1.92. The summed E-state index contributed by atoms with van der Waals surface area (Å²) in [4.78, 5) is 0. The lowest BCUT2D eigenvalue weighted by Gasteiger charge is -2.12. The molecular weight excluding hydrogens is 249 g/mol. The molecule has 0 aliphatic rings. The fourth-order valence-corrected chi connectivity index (χ4v) is 1.84. The van der Waals surface area contributed by atoms with Gasteiger partial charge in [0.25, 0.3) is 0 Å². The average molecular weight is 260 g/mol. The lowest BCUT2D eigenvalue weighted by molar-refractivity contribution is 0.165. The average Bonchev–Trinajstić information content (AvgIpc) is 1.90. The minimum atomic E-state index is -2.58. The molecule has 0 rings (SSSR count). The molecule has 0 unspecified atom stereocenters. The van der Waals surface area contributed by atoms with Crippen LogP contribution < -0.4 is 0 Å². The van der Waals surface area contributed by atoms with Crippen LogP contribution in [0.5, 0.6) is 0 Å². The van der Waals surface area contributed by atoms with Gasteiger partial charge >= 0.3 is 3.93 Å². The zero-order valence-electron chi connectivity index (χ0n) is 6.13. The van der Waals surface area contributed by atoms with Crippen molar-refractivity contribution in [2.24, 2.45) is 0 Å². The highest BCUT2D eigenvalue weighted by Gasteiger charge is 2.28. The molecule has 0 spiro atoms. The zero-order valence-corrected chi connectivity index (χ0v) is 8.28. The SMILES string of the molecule is C=IC(F)(F)/C(=C/C)CC. The van der Waals surface area contributed by atoms with Gasteiger partial charge in [0, 0.05) is 5.57 Å². The highest BCUT2D eigenvalue weighted by Crippen LogP contribution is 2.36. The highest BCUT2D eigenvalue weighted by atomic mass is 127. The lowest BCUT2D eigenvalue weighted by Crippen LogP contribution is -2.09. The van der Waals surface area contributed by atoms with E-state index < -0.39 is 24.7 Å². The van der Waals surface area contributed by atoms with Gasteiger partial charge in [0.05, 0.1) is 0 Å². The first-order chi connectivity index (χ1) is 4.58. The van der Waals surface area contributed by atoms with Gasteiger partial charge in [-0.15, -0.1) is 0 Å². The van der Waals surface area contributed by atoms with Gasteiger partial charge in [-0.3, -0.25) is 0 Å². The molecule has 0 radical (unpaired) electrons. The van der Waals surface area contributed by atoms with Crippen LogP contribution in [0.4, 0.5) is 8.78 Å². The van der Waals surface area contributed by atoms with Crippen LogP contribution in [0.15, 0.2) is 11.6 Å². The maximum atomic E-state index is 12.7. The first-order valence-corrected chi connectivity index (χ1v) is 5.62. The Labute approximate surface area is 70.1 Å².